The summed E-state index contributed by atoms with van der Waals surface area (Å²) in [6.07, 6.45) is -5.85. The lowest BCUT2D eigenvalue weighted by atomic mass is 9.96. The summed E-state index contributed by atoms with van der Waals surface area (Å²) >= 11 is 0. The topological polar surface area (TPSA) is 124 Å². The molecule has 1 aromatic heterocycles. The third-order valence-corrected chi connectivity index (χ3v) is 6.63. The Bertz CT molecular complexity index is 1580. The average molecular weight is 612 g/mol. The second-order valence-corrected chi connectivity index (χ2v) is 10.5. The number of ketones is 1. The van der Waals surface area contributed by atoms with Gasteiger partial charge in [0, 0.05) is 6.42 Å². The first kappa shape index (κ1) is 32.0. The molecule has 0 unspecified atom stereocenters. The first-order chi connectivity index (χ1) is 21.0. The predicted octanol–water partition coefficient (Wildman–Crippen LogP) is 4.52. The van der Waals surface area contributed by atoms with Crippen molar-refractivity contribution in [3.8, 4) is 0 Å². The SMILES string of the molecule is CC(C)C[C@H](NC(=O)OCc1ccccc1)C(=O)N[C@@H](Cc1ccccc1C(F)(F)F)C(=O)COn1nnc2ccccc21. The fourth-order valence-electron chi connectivity index (χ4n) is 4.49. The highest BCUT2D eigenvalue weighted by Crippen LogP contribution is 2.32. The van der Waals surface area contributed by atoms with E-state index in [1.165, 1.54) is 18.2 Å². The number of alkyl carbamates (subject to hydrolysis) is 1. The summed E-state index contributed by atoms with van der Waals surface area (Å²) < 4.78 is 46.6. The first-order valence-corrected chi connectivity index (χ1v) is 13.9. The number of benzene rings is 3. The Morgan fingerprint density at radius 2 is 1.57 bits per heavy atom. The molecule has 4 rings (SSSR count). The Morgan fingerprint density at radius 3 is 2.30 bits per heavy atom. The van der Waals surface area contributed by atoms with Gasteiger partial charge in [0.05, 0.1) is 11.6 Å². The van der Waals surface area contributed by atoms with Gasteiger partial charge in [-0.05, 0) is 46.9 Å². The molecule has 0 saturated heterocycles. The molecule has 1 heterocycles. The Hall–Kier alpha value is -4.94. The Morgan fingerprint density at radius 1 is 0.886 bits per heavy atom. The lowest BCUT2D eigenvalue weighted by Gasteiger charge is -2.24. The highest BCUT2D eigenvalue weighted by Gasteiger charge is 2.35. The van der Waals surface area contributed by atoms with E-state index >= 15 is 0 Å². The van der Waals surface area contributed by atoms with Gasteiger partial charge in [0.1, 0.15) is 23.7 Å². The molecule has 0 radical (unpaired) electrons. The molecule has 0 aliphatic heterocycles. The molecule has 2 atom stereocenters. The zero-order valence-electron chi connectivity index (χ0n) is 24.1. The fraction of sp³-hybridized carbons (Fsp3) is 0.323. The van der Waals surface area contributed by atoms with E-state index in [1.807, 2.05) is 19.9 Å². The summed E-state index contributed by atoms with van der Waals surface area (Å²) in [7, 11) is 0. The van der Waals surface area contributed by atoms with Gasteiger partial charge >= 0.3 is 12.3 Å². The van der Waals surface area contributed by atoms with Crippen molar-refractivity contribution in [2.75, 3.05) is 6.61 Å². The zero-order valence-corrected chi connectivity index (χ0v) is 24.1. The number of hydrogen-bond donors (Lipinski definition) is 2. The molecular weight excluding hydrogens is 579 g/mol. The van der Waals surface area contributed by atoms with Crippen LogP contribution in [0, 0.1) is 5.92 Å². The van der Waals surface area contributed by atoms with Crippen LogP contribution in [-0.4, -0.2) is 51.6 Å². The summed E-state index contributed by atoms with van der Waals surface area (Å²) in [6.45, 7) is 2.99. The van der Waals surface area contributed by atoms with E-state index in [-0.39, 0.29) is 24.5 Å². The van der Waals surface area contributed by atoms with E-state index in [1.54, 1.807) is 48.5 Å². The van der Waals surface area contributed by atoms with Crippen LogP contribution in [0.1, 0.15) is 37.0 Å². The van der Waals surface area contributed by atoms with Crippen molar-refractivity contribution >= 4 is 28.8 Å². The van der Waals surface area contributed by atoms with Gasteiger partial charge in [0.15, 0.2) is 12.4 Å². The molecule has 0 saturated carbocycles. The highest BCUT2D eigenvalue weighted by molar-refractivity contribution is 5.93. The third-order valence-electron chi connectivity index (χ3n) is 6.63. The van der Waals surface area contributed by atoms with Crippen LogP contribution in [0.15, 0.2) is 78.9 Å². The average Bonchev–Trinajstić information content (AvgIpc) is 3.41. The largest absolute Gasteiger partial charge is 0.445 e. The minimum absolute atomic E-state index is 0.0354. The van der Waals surface area contributed by atoms with Crippen LogP contribution in [0.2, 0.25) is 0 Å². The number of nitrogens with one attached hydrogen (secondary N) is 2. The molecule has 0 fully saturated rings. The standard InChI is InChI=1S/C31H32F3N5O5/c1-20(2)16-26(36-30(42)43-18-21-10-4-3-5-11-21)29(41)35-25(17-22-12-6-7-13-23(22)31(32,33)34)28(40)19-44-39-27-15-9-8-14-24(27)37-38-39/h3-15,20,25-26H,16-19H2,1-2H3,(H,35,41)(H,36,42)/t25-,26-/m0/s1. The number of fused-ring (bicyclic) bond motifs is 1. The quantitative estimate of drug-likeness (QED) is 0.228. The van der Waals surface area contributed by atoms with Gasteiger partial charge in [-0.25, -0.2) is 4.79 Å². The maximum Gasteiger partial charge on any atom is 0.416 e. The number of hydrogen-bond acceptors (Lipinski definition) is 7. The van der Waals surface area contributed by atoms with E-state index in [0.29, 0.717) is 11.0 Å². The molecule has 0 aliphatic carbocycles. The number of ether oxygens (including phenoxy) is 1. The molecule has 0 spiro atoms. The van der Waals surface area contributed by atoms with Crippen LogP contribution in [0.4, 0.5) is 18.0 Å². The molecule has 3 aromatic carbocycles. The van der Waals surface area contributed by atoms with Crippen molar-refractivity contribution in [3.05, 3.63) is 95.6 Å². The van der Waals surface area contributed by atoms with E-state index in [0.717, 1.165) is 16.5 Å². The minimum Gasteiger partial charge on any atom is -0.445 e. The second kappa shape index (κ2) is 14.5. The van der Waals surface area contributed by atoms with Crippen molar-refractivity contribution in [1.82, 2.24) is 25.8 Å². The fourth-order valence-corrected chi connectivity index (χ4v) is 4.49. The molecule has 44 heavy (non-hydrogen) atoms. The summed E-state index contributed by atoms with van der Waals surface area (Å²) in [5.74, 6) is -1.54. The van der Waals surface area contributed by atoms with Crippen LogP contribution >= 0.6 is 0 Å². The summed E-state index contributed by atoms with van der Waals surface area (Å²) in [5, 5.41) is 12.8. The molecule has 0 aliphatic rings. The van der Waals surface area contributed by atoms with Crippen LogP contribution in [0.25, 0.3) is 11.0 Å². The zero-order chi connectivity index (χ0) is 31.7. The normalized spacial score (nSPS) is 12.9. The summed E-state index contributed by atoms with van der Waals surface area (Å²) in [6, 6.07) is 18.0. The van der Waals surface area contributed by atoms with Gasteiger partial charge in [-0.2, -0.15) is 13.2 Å². The van der Waals surface area contributed by atoms with Gasteiger partial charge in [0.25, 0.3) is 0 Å². The first-order valence-electron chi connectivity index (χ1n) is 13.9. The Kier molecular flexibility index (Phi) is 10.5. The predicted molar refractivity (Wildman–Crippen MR) is 154 cm³/mol. The molecule has 0 bridgehead atoms. The summed E-state index contributed by atoms with van der Waals surface area (Å²) in [5.41, 5.74) is 0.586. The van der Waals surface area contributed by atoms with E-state index in [2.05, 4.69) is 20.9 Å². The van der Waals surface area contributed by atoms with E-state index in [4.69, 9.17) is 9.57 Å². The lowest BCUT2D eigenvalue weighted by Crippen LogP contribution is -2.53. The molecule has 10 nitrogen and oxygen atoms in total. The number of amides is 2. The lowest BCUT2D eigenvalue weighted by molar-refractivity contribution is -0.138. The maximum absolute atomic E-state index is 13.8. The number of aromatic nitrogens is 3. The molecule has 4 aromatic rings. The van der Waals surface area contributed by atoms with Crippen LogP contribution in [-0.2, 0) is 33.5 Å². The van der Waals surface area contributed by atoms with Gasteiger partial charge in [0.2, 0.25) is 5.91 Å². The number of carbonyl (C=O) groups is 3. The van der Waals surface area contributed by atoms with Gasteiger partial charge in [-0.15, -0.1) is 5.10 Å². The van der Waals surface area contributed by atoms with Crippen molar-refractivity contribution in [1.29, 1.82) is 0 Å². The smallest absolute Gasteiger partial charge is 0.416 e. The number of alkyl halides is 3. The van der Waals surface area contributed by atoms with Crippen LogP contribution < -0.4 is 15.5 Å². The van der Waals surface area contributed by atoms with Gasteiger partial charge in [-0.3, -0.25) is 9.59 Å². The molecule has 232 valence electrons. The number of rotatable bonds is 13. The number of para-hydroxylation sites is 1. The van der Waals surface area contributed by atoms with Crippen molar-refractivity contribution in [2.24, 2.45) is 5.92 Å². The van der Waals surface area contributed by atoms with Gasteiger partial charge in [-0.1, -0.05) is 79.4 Å². The maximum atomic E-state index is 13.8. The third kappa shape index (κ3) is 8.79. The van der Waals surface area contributed by atoms with E-state index < -0.39 is 54.6 Å². The van der Waals surface area contributed by atoms with Crippen molar-refractivity contribution in [3.63, 3.8) is 0 Å². The summed E-state index contributed by atoms with van der Waals surface area (Å²) in [4.78, 5) is 46.0. The highest BCUT2D eigenvalue weighted by atomic mass is 19.4. The number of nitrogens with zero attached hydrogens (tertiary/aromatic N) is 3. The minimum atomic E-state index is -4.69. The van der Waals surface area contributed by atoms with Gasteiger partial charge < -0.3 is 20.2 Å². The van der Waals surface area contributed by atoms with Crippen molar-refractivity contribution < 1.29 is 37.1 Å². The number of Topliss-reactive ketones (excluding diaryl/α,β-unsaturated/α-hetero) is 1. The van der Waals surface area contributed by atoms with E-state index in [9.17, 15) is 27.6 Å². The Balaban J connectivity index is 1.52. The molecule has 2 N–H and O–H groups in total. The molecular formula is C31H32F3N5O5. The number of halogens is 3. The van der Waals surface area contributed by atoms with Crippen molar-refractivity contribution in [2.45, 2.75) is 51.6 Å². The number of carbonyl (C=O) groups excluding carboxylic acids is 3. The van der Waals surface area contributed by atoms with Crippen LogP contribution in [0.3, 0.4) is 0 Å². The molecule has 2 amide bonds. The Labute approximate surface area is 251 Å². The second-order valence-electron chi connectivity index (χ2n) is 10.5. The monoisotopic (exact) mass is 611 g/mol. The van der Waals surface area contributed by atoms with Crippen LogP contribution in [0.5, 0.6) is 0 Å². The molecule has 13 heteroatoms.